The number of nitrogens with two attached hydrogens (primary N) is 1. The van der Waals surface area contributed by atoms with Crippen LogP contribution >= 0.6 is 0 Å². The summed E-state index contributed by atoms with van der Waals surface area (Å²) in [4.78, 5) is 0. The number of ether oxygens (including phenoxy) is 1. The summed E-state index contributed by atoms with van der Waals surface area (Å²) in [5.41, 5.74) is 5.53. The third-order valence-corrected chi connectivity index (χ3v) is 3.05. The Morgan fingerprint density at radius 1 is 0.882 bits per heavy atom. The van der Waals surface area contributed by atoms with Crippen LogP contribution in [0, 0.1) is 0 Å². The molecule has 0 saturated carbocycles. The molecule has 2 N–H and O–H groups in total. The predicted molar refractivity (Wildman–Crippen MR) is 75.7 cm³/mol. The molecule has 0 aromatic rings. The van der Waals surface area contributed by atoms with E-state index in [2.05, 4.69) is 6.92 Å². The van der Waals surface area contributed by atoms with Crippen molar-refractivity contribution in [2.75, 3.05) is 6.61 Å². The molecule has 102 valence electrons. The number of hydrogen-bond donors (Lipinski definition) is 1. The van der Waals surface area contributed by atoms with Crippen molar-refractivity contribution in [3.05, 3.63) is 12.0 Å². The topological polar surface area (TPSA) is 35.2 Å². The number of hydrogen-bond acceptors (Lipinski definition) is 2. The van der Waals surface area contributed by atoms with Gasteiger partial charge in [-0.25, -0.2) is 0 Å². The fraction of sp³-hybridized carbons (Fsp3) is 0.867. The third kappa shape index (κ3) is 13.3. The van der Waals surface area contributed by atoms with Crippen LogP contribution in [-0.2, 0) is 4.74 Å². The second-order valence-corrected chi connectivity index (χ2v) is 4.72. The van der Waals surface area contributed by atoms with E-state index < -0.39 is 0 Å². The molecule has 0 aliphatic heterocycles. The Labute approximate surface area is 108 Å². The molecule has 2 heteroatoms. The van der Waals surface area contributed by atoms with Crippen molar-refractivity contribution in [2.24, 2.45) is 5.73 Å². The quantitative estimate of drug-likeness (QED) is 0.395. The first-order valence-electron chi connectivity index (χ1n) is 7.35. The van der Waals surface area contributed by atoms with E-state index in [1.165, 1.54) is 57.8 Å². The van der Waals surface area contributed by atoms with Crippen LogP contribution in [0.25, 0.3) is 0 Å². The lowest BCUT2D eigenvalue weighted by molar-refractivity contribution is 0.202. The molecular weight excluding hydrogens is 210 g/mol. The van der Waals surface area contributed by atoms with Crippen LogP contribution in [0.2, 0.25) is 0 Å². The molecule has 0 rings (SSSR count). The van der Waals surface area contributed by atoms with Gasteiger partial charge in [-0.05, 0) is 19.4 Å². The lowest BCUT2D eigenvalue weighted by atomic mass is 10.1. The molecule has 0 fully saturated rings. The number of unbranched alkanes of at least 4 members (excludes halogenated alkanes) is 9. The molecule has 0 aromatic heterocycles. The zero-order chi connectivity index (χ0) is 12.8. The van der Waals surface area contributed by atoms with Gasteiger partial charge in [-0.2, -0.15) is 0 Å². The molecule has 0 spiro atoms. The highest BCUT2D eigenvalue weighted by Gasteiger charge is 1.93. The normalized spacial score (nSPS) is 11.8. The maximum atomic E-state index is 5.53. The molecule has 0 amide bonds. The van der Waals surface area contributed by atoms with E-state index in [4.69, 9.17) is 10.5 Å². The number of allylic oxidation sites excluding steroid dienone is 1. The first kappa shape index (κ1) is 16.3. The van der Waals surface area contributed by atoms with Gasteiger partial charge in [-0.15, -0.1) is 0 Å². The minimum Gasteiger partial charge on any atom is -0.480 e. The molecular formula is C15H31NO. The third-order valence-electron chi connectivity index (χ3n) is 3.05. The lowest BCUT2D eigenvalue weighted by Gasteiger charge is -2.05. The van der Waals surface area contributed by atoms with Crippen LogP contribution in [-0.4, -0.2) is 6.61 Å². The lowest BCUT2D eigenvalue weighted by Crippen LogP contribution is -2.03. The predicted octanol–water partition coefficient (Wildman–Crippen LogP) is 4.74. The summed E-state index contributed by atoms with van der Waals surface area (Å²) in [6.07, 6.45) is 15.3. The van der Waals surface area contributed by atoms with Crippen molar-refractivity contribution < 1.29 is 4.74 Å². The highest BCUT2D eigenvalue weighted by Crippen LogP contribution is 2.10. The van der Waals surface area contributed by atoms with Gasteiger partial charge in [0.25, 0.3) is 0 Å². The van der Waals surface area contributed by atoms with Crippen molar-refractivity contribution in [1.82, 2.24) is 0 Å². The van der Waals surface area contributed by atoms with E-state index in [-0.39, 0.29) is 0 Å². The number of rotatable bonds is 12. The van der Waals surface area contributed by atoms with Crippen LogP contribution < -0.4 is 5.73 Å². The molecule has 0 aromatic carbocycles. The van der Waals surface area contributed by atoms with E-state index >= 15 is 0 Å². The van der Waals surface area contributed by atoms with E-state index in [0.717, 1.165) is 13.0 Å². The summed E-state index contributed by atoms with van der Waals surface area (Å²) in [5.74, 6) is 0.556. The monoisotopic (exact) mass is 241 g/mol. The van der Waals surface area contributed by atoms with Gasteiger partial charge < -0.3 is 10.5 Å². The molecule has 2 nitrogen and oxygen atoms in total. The summed E-state index contributed by atoms with van der Waals surface area (Å²) < 4.78 is 5.30. The van der Waals surface area contributed by atoms with Crippen LogP contribution in [0.1, 0.15) is 78.1 Å². The van der Waals surface area contributed by atoms with Crippen molar-refractivity contribution in [3.63, 3.8) is 0 Å². The largest absolute Gasteiger partial charge is 0.480 e. The second kappa shape index (κ2) is 13.4. The molecule has 0 aliphatic carbocycles. The summed E-state index contributed by atoms with van der Waals surface area (Å²) in [7, 11) is 0. The van der Waals surface area contributed by atoms with Crippen LogP contribution in [0.3, 0.4) is 0 Å². The fourth-order valence-electron chi connectivity index (χ4n) is 1.86. The first-order chi connectivity index (χ1) is 8.31. The highest BCUT2D eigenvalue weighted by molar-refractivity contribution is 4.81. The minimum absolute atomic E-state index is 0.556. The highest BCUT2D eigenvalue weighted by atomic mass is 16.5. The maximum absolute atomic E-state index is 5.53. The Bertz CT molecular complexity index is 178. The summed E-state index contributed by atoms with van der Waals surface area (Å²) in [6, 6.07) is 0. The van der Waals surface area contributed by atoms with Gasteiger partial charge in [0.05, 0.1) is 6.61 Å². The second-order valence-electron chi connectivity index (χ2n) is 4.72. The molecule has 0 bridgehead atoms. The smallest absolute Gasteiger partial charge is 0.179 e. The van der Waals surface area contributed by atoms with Gasteiger partial charge in [0.1, 0.15) is 0 Å². The van der Waals surface area contributed by atoms with Gasteiger partial charge in [0.15, 0.2) is 5.88 Å². The molecule has 17 heavy (non-hydrogen) atoms. The average Bonchev–Trinajstić information content (AvgIpc) is 2.35. The molecule has 0 atom stereocenters. The summed E-state index contributed by atoms with van der Waals surface area (Å²) in [5, 5.41) is 0. The van der Waals surface area contributed by atoms with Gasteiger partial charge in [0, 0.05) is 0 Å². The maximum Gasteiger partial charge on any atom is 0.179 e. The summed E-state index contributed by atoms with van der Waals surface area (Å²) >= 11 is 0. The zero-order valence-corrected chi connectivity index (χ0v) is 11.8. The Morgan fingerprint density at radius 2 is 1.35 bits per heavy atom. The molecule has 0 aliphatic rings. The Kier molecular flexibility index (Phi) is 12.9. The van der Waals surface area contributed by atoms with Crippen molar-refractivity contribution >= 4 is 0 Å². The van der Waals surface area contributed by atoms with Crippen LogP contribution in [0.5, 0.6) is 0 Å². The van der Waals surface area contributed by atoms with E-state index in [9.17, 15) is 0 Å². The minimum atomic E-state index is 0.556. The molecule has 0 saturated heterocycles. The molecule has 0 unspecified atom stereocenters. The first-order valence-corrected chi connectivity index (χ1v) is 7.35. The van der Waals surface area contributed by atoms with Crippen molar-refractivity contribution in [1.29, 1.82) is 0 Å². The average molecular weight is 241 g/mol. The van der Waals surface area contributed by atoms with Crippen LogP contribution in [0.15, 0.2) is 12.0 Å². The Balaban J connectivity index is 2.99. The molecule has 0 radical (unpaired) electrons. The van der Waals surface area contributed by atoms with Crippen molar-refractivity contribution in [2.45, 2.75) is 78.1 Å². The Morgan fingerprint density at radius 3 is 1.82 bits per heavy atom. The van der Waals surface area contributed by atoms with Gasteiger partial charge in [-0.3, -0.25) is 0 Å². The fourth-order valence-corrected chi connectivity index (χ4v) is 1.86. The molecule has 0 heterocycles. The standard InChI is InChI=1S/C15H31NO/c1-3-5-6-7-8-9-10-11-12-13-14-17-15(16)4-2/h4H,3,5-14,16H2,1-2H3. The summed E-state index contributed by atoms with van der Waals surface area (Å²) in [6.45, 7) is 4.93. The van der Waals surface area contributed by atoms with Gasteiger partial charge in [-0.1, -0.05) is 64.7 Å². The van der Waals surface area contributed by atoms with Gasteiger partial charge >= 0.3 is 0 Å². The SMILES string of the molecule is CC=C(N)OCCCCCCCCCCCC. The van der Waals surface area contributed by atoms with E-state index in [0.29, 0.717) is 5.88 Å². The van der Waals surface area contributed by atoms with E-state index in [1.807, 2.05) is 6.92 Å². The Hall–Kier alpha value is -0.660. The van der Waals surface area contributed by atoms with E-state index in [1.54, 1.807) is 6.08 Å². The van der Waals surface area contributed by atoms with Crippen molar-refractivity contribution in [3.8, 4) is 0 Å². The zero-order valence-electron chi connectivity index (χ0n) is 11.8. The van der Waals surface area contributed by atoms with Crippen LogP contribution in [0.4, 0.5) is 0 Å². The van der Waals surface area contributed by atoms with Gasteiger partial charge in [0.2, 0.25) is 0 Å².